The lowest BCUT2D eigenvalue weighted by Crippen LogP contribution is -2.35. The van der Waals surface area contributed by atoms with E-state index in [1.54, 1.807) is 6.92 Å². The molecular formula is C27H30F4O3S2. The summed E-state index contributed by atoms with van der Waals surface area (Å²) in [6.45, 7) is 4.56. The highest BCUT2D eigenvalue weighted by molar-refractivity contribution is 8.17. The Morgan fingerprint density at radius 1 is 0.917 bits per heavy atom. The maximum absolute atomic E-state index is 15.0. The molecule has 196 valence electrons. The number of ether oxygens (including phenoxy) is 3. The van der Waals surface area contributed by atoms with Gasteiger partial charge in [-0.05, 0) is 56.2 Å². The minimum absolute atomic E-state index is 0.102. The van der Waals surface area contributed by atoms with Crippen molar-refractivity contribution in [2.24, 2.45) is 11.8 Å². The van der Waals surface area contributed by atoms with E-state index in [1.807, 2.05) is 30.4 Å². The Morgan fingerprint density at radius 3 is 2.19 bits per heavy atom. The summed E-state index contributed by atoms with van der Waals surface area (Å²) in [4.78, 5) is 0. The van der Waals surface area contributed by atoms with Crippen LogP contribution >= 0.6 is 23.5 Å². The second-order valence-corrected chi connectivity index (χ2v) is 11.5. The molecule has 0 aromatic heterocycles. The second kappa shape index (κ2) is 12.7. The highest BCUT2D eigenvalue weighted by Crippen LogP contribution is 2.42. The highest BCUT2D eigenvalue weighted by Gasteiger charge is 2.35. The molecule has 0 radical (unpaired) electrons. The van der Waals surface area contributed by atoms with Gasteiger partial charge in [0, 0.05) is 22.6 Å². The third-order valence-corrected chi connectivity index (χ3v) is 9.85. The molecule has 2 saturated heterocycles. The zero-order valence-corrected chi connectivity index (χ0v) is 21.9. The van der Waals surface area contributed by atoms with Crippen molar-refractivity contribution in [2.45, 2.75) is 37.6 Å². The lowest BCUT2D eigenvalue weighted by Gasteiger charge is -2.37. The standard InChI is InChI=1S/C27H30F4O3S2/c1-3-5-6-7-16-14-35-27(36-15-16)17-12-33-26(34-13-17)20-9-8-18(22(28)24(20)30)19-10-11-21(32-4-2)25(31)23(19)29/h3,5,8-11,16-17,26-27H,4,6-7,12-15H2,1-2H3/b5-3+. The second-order valence-electron chi connectivity index (χ2n) is 8.81. The van der Waals surface area contributed by atoms with Crippen LogP contribution < -0.4 is 4.74 Å². The Bertz CT molecular complexity index is 1070. The topological polar surface area (TPSA) is 27.7 Å². The van der Waals surface area contributed by atoms with Gasteiger partial charge in [-0.3, -0.25) is 0 Å². The Morgan fingerprint density at radius 2 is 1.56 bits per heavy atom. The minimum Gasteiger partial charge on any atom is -0.491 e. The fourth-order valence-electron chi connectivity index (χ4n) is 4.31. The molecular weight excluding hydrogens is 512 g/mol. The van der Waals surface area contributed by atoms with Crippen LogP contribution in [-0.4, -0.2) is 35.9 Å². The van der Waals surface area contributed by atoms with E-state index in [2.05, 4.69) is 12.2 Å². The van der Waals surface area contributed by atoms with Gasteiger partial charge in [0.15, 0.2) is 29.5 Å². The van der Waals surface area contributed by atoms with Crippen molar-refractivity contribution in [2.75, 3.05) is 31.3 Å². The van der Waals surface area contributed by atoms with Crippen LogP contribution in [0, 0.1) is 35.1 Å². The first-order valence-corrected chi connectivity index (χ1v) is 14.2. The van der Waals surface area contributed by atoms with E-state index in [-0.39, 0.29) is 35.0 Å². The third kappa shape index (κ3) is 6.06. The van der Waals surface area contributed by atoms with E-state index in [0.717, 1.165) is 17.9 Å². The first-order chi connectivity index (χ1) is 17.4. The minimum atomic E-state index is -1.30. The molecule has 2 aromatic carbocycles. The van der Waals surface area contributed by atoms with Crippen molar-refractivity contribution in [3.05, 3.63) is 65.2 Å². The molecule has 0 aliphatic carbocycles. The molecule has 0 spiro atoms. The van der Waals surface area contributed by atoms with Gasteiger partial charge < -0.3 is 14.2 Å². The fourth-order valence-corrected chi connectivity index (χ4v) is 7.67. The Kier molecular flexibility index (Phi) is 9.66. The van der Waals surface area contributed by atoms with Crippen molar-refractivity contribution < 1.29 is 31.8 Å². The molecule has 3 nitrogen and oxygen atoms in total. The smallest absolute Gasteiger partial charge is 0.201 e. The van der Waals surface area contributed by atoms with Crippen LogP contribution in [0.25, 0.3) is 11.1 Å². The zero-order valence-electron chi connectivity index (χ0n) is 20.3. The molecule has 0 atom stereocenters. The molecule has 0 amide bonds. The fraction of sp³-hybridized carbons (Fsp3) is 0.481. The molecule has 0 unspecified atom stereocenters. The van der Waals surface area contributed by atoms with Gasteiger partial charge in [0.25, 0.3) is 0 Å². The predicted octanol–water partition coefficient (Wildman–Crippen LogP) is 7.75. The summed E-state index contributed by atoms with van der Waals surface area (Å²) in [7, 11) is 0. The van der Waals surface area contributed by atoms with Crippen molar-refractivity contribution in [3.8, 4) is 16.9 Å². The number of thioether (sulfide) groups is 2. The number of allylic oxidation sites excluding steroid dienone is 2. The van der Waals surface area contributed by atoms with Crippen molar-refractivity contribution in [1.82, 2.24) is 0 Å². The van der Waals surface area contributed by atoms with Crippen molar-refractivity contribution >= 4 is 23.5 Å². The summed E-state index contributed by atoms with van der Waals surface area (Å²) in [6.07, 6.45) is 5.51. The van der Waals surface area contributed by atoms with Gasteiger partial charge in [-0.25, -0.2) is 13.2 Å². The third-order valence-electron chi connectivity index (χ3n) is 6.28. The van der Waals surface area contributed by atoms with Crippen LogP contribution in [0.5, 0.6) is 5.75 Å². The average Bonchev–Trinajstić information content (AvgIpc) is 2.90. The number of benzene rings is 2. The van der Waals surface area contributed by atoms with Crippen LogP contribution in [0.15, 0.2) is 36.4 Å². The van der Waals surface area contributed by atoms with Gasteiger partial charge in [0.1, 0.15) is 0 Å². The van der Waals surface area contributed by atoms with Gasteiger partial charge in [-0.1, -0.05) is 24.3 Å². The van der Waals surface area contributed by atoms with E-state index >= 15 is 0 Å². The van der Waals surface area contributed by atoms with Gasteiger partial charge >= 0.3 is 0 Å². The summed E-state index contributed by atoms with van der Waals surface area (Å²) >= 11 is 3.83. The molecule has 36 heavy (non-hydrogen) atoms. The summed E-state index contributed by atoms with van der Waals surface area (Å²) in [5.74, 6) is -2.28. The van der Waals surface area contributed by atoms with E-state index in [1.165, 1.54) is 30.7 Å². The molecule has 2 aliphatic heterocycles. The number of hydrogen-bond donors (Lipinski definition) is 0. The van der Waals surface area contributed by atoms with Crippen LogP contribution in [0.3, 0.4) is 0 Å². The number of halogens is 4. The summed E-state index contributed by atoms with van der Waals surface area (Å²) in [6, 6.07) is 4.88. The SMILES string of the molecule is C/C=C/CCC1CSC(C2COC(c3ccc(-c4ccc(OCC)c(F)c4F)c(F)c3F)OC2)SC1. The normalized spacial score (nSPS) is 24.8. The molecule has 0 bridgehead atoms. The molecule has 0 saturated carbocycles. The van der Waals surface area contributed by atoms with Gasteiger partial charge in [-0.15, -0.1) is 23.5 Å². The Hall–Kier alpha value is -1.68. The van der Waals surface area contributed by atoms with Gasteiger partial charge in [-0.2, -0.15) is 4.39 Å². The lowest BCUT2D eigenvalue weighted by molar-refractivity contribution is -0.203. The number of rotatable bonds is 8. The predicted molar refractivity (Wildman–Crippen MR) is 137 cm³/mol. The summed E-state index contributed by atoms with van der Waals surface area (Å²) in [5.41, 5.74) is -0.877. The molecule has 2 aromatic rings. The van der Waals surface area contributed by atoms with Crippen LogP contribution in [0.2, 0.25) is 0 Å². The molecule has 9 heteroatoms. The van der Waals surface area contributed by atoms with Crippen molar-refractivity contribution in [1.29, 1.82) is 0 Å². The van der Waals surface area contributed by atoms with Gasteiger partial charge in [0.2, 0.25) is 5.82 Å². The van der Waals surface area contributed by atoms with E-state index in [0.29, 0.717) is 23.7 Å². The zero-order chi connectivity index (χ0) is 25.7. The highest BCUT2D eigenvalue weighted by atomic mass is 32.2. The monoisotopic (exact) mass is 542 g/mol. The summed E-state index contributed by atoms with van der Waals surface area (Å²) < 4.78 is 75.7. The van der Waals surface area contributed by atoms with Crippen LogP contribution in [0.1, 0.15) is 38.5 Å². The maximum Gasteiger partial charge on any atom is 0.201 e. The largest absolute Gasteiger partial charge is 0.491 e. The van der Waals surface area contributed by atoms with Gasteiger partial charge in [0.05, 0.1) is 24.4 Å². The quantitative estimate of drug-likeness (QED) is 0.251. The number of hydrogen-bond acceptors (Lipinski definition) is 5. The Balaban J connectivity index is 1.39. The Labute approximate surface area is 218 Å². The molecule has 0 N–H and O–H groups in total. The van der Waals surface area contributed by atoms with Crippen LogP contribution in [-0.2, 0) is 9.47 Å². The molecule has 2 fully saturated rings. The van der Waals surface area contributed by atoms with Crippen LogP contribution in [0.4, 0.5) is 17.6 Å². The van der Waals surface area contributed by atoms with E-state index in [4.69, 9.17) is 14.2 Å². The molecule has 2 aliphatic rings. The lowest BCUT2D eigenvalue weighted by atomic mass is 10.0. The molecule has 2 heterocycles. The van der Waals surface area contributed by atoms with Crippen molar-refractivity contribution in [3.63, 3.8) is 0 Å². The molecule has 4 rings (SSSR count). The van der Waals surface area contributed by atoms with E-state index < -0.39 is 29.6 Å². The summed E-state index contributed by atoms with van der Waals surface area (Å²) in [5, 5.41) is 0. The average molecular weight is 543 g/mol. The first-order valence-electron chi connectivity index (χ1n) is 12.1. The first kappa shape index (κ1) is 27.4. The van der Waals surface area contributed by atoms with E-state index in [9.17, 15) is 17.6 Å². The maximum atomic E-state index is 15.0.